The topological polar surface area (TPSA) is 55.8 Å². The molecule has 0 bridgehead atoms. The van der Waals surface area contributed by atoms with Crippen LogP contribution in [0.25, 0.3) is 0 Å². The van der Waals surface area contributed by atoms with Crippen LogP contribution in [0.3, 0.4) is 0 Å². The first-order chi connectivity index (χ1) is 18.5. The lowest BCUT2D eigenvalue weighted by Gasteiger charge is -2.27. The molecule has 0 aliphatic rings. The minimum Gasteiger partial charge on any atom is -0.302 e. The number of rotatable bonds is 12. The van der Waals surface area contributed by atoms with Crippen molar-refractivity contribution in [1.29, 1.82) is 0 Å². The summed E-state index contributed by atoms with van der Waals surface area (Å²) in [5.74, 6) is 0. The van der Waals surface area contributed by atoms with Gasteiger partial charge < -0.3 is 4.89 Å². The van der Waals surface area contributed by atoms with Crippen molar-refractivity contribution < 1.29 is 18.5 Å². The smallest absolute Gasteiger partial charge is 0.302 e. The van der Waals surface area contributed by atoms with Crippen molar-refractivity contribution in [3.05, 3.63) is 121 Å². The van der Waals surface area contributed by atoms with E-state index in [0.717, 1.165) is 25.7 Å². The van der Waals surface area contributed by atoms with Crippen molar-refractivity contribution in [3.8, 4) is 0 Å². The molecule has 0 amide bonds. The van der Waals surface area contributed by atoms with Gasteiger partial charge in [-0.1, -0.05) is 99.5 Å². The molecule has 38 heavy (non-hydrogen) atoms. The zero-order valence-electron chi connectivity index (χ0n) is 22.4. The van der Waals surface area contributed by atoms with Crippen molar-refractivity contribution in [2.45, 2.75) is 39.5 Å². The molecule has 200 valence electrons. The summed E-state index contributed by atoms with van der Waals surface area (Å²) >= 11 is 0. The zero-order chi connectivity index (χ0) is 27.1. The molecule has 0 unspecified atom stereocenters. The van der Waals surface area contributed by atoms with Crippen molar-refractivity contribution in [2.24, 2.45) is 0 Å². The molecule has 0 aliphatic heterocycles. The summed E-state index contributed by atoms with van der Waals surface area (Å²) in [4.78, 5) is 9.08. The summed E-state index contributed by atoms with van der Waals surface area (Å²) in [5.41, 5.74) is 0. The third-order valence-corrected chi connectivity index (χ3v) is 11.4. The van der Waals surface area contributed by atoms with Gasteiger partial charge in [-0.25, -0.2) is 4.57 Å². The zero-order valence-corrected chi connectivity index (χ0v) is 24.1. The Labute approximate surface area is 228 Å². The van der Waals surface area contributed by atoms with Crippen LogP contribution in [0.2, 0.25) is 0 Å². The van der Waals surface area contributed by atoms with E-state index in [1.807, 2.05) is 13.8 Å². The number of hydrogen-bond donors (Lipinski definition) is 1. The van der Waals surface area contributed by atoms with E-state index in [-0.39, 0.29) is 13.2 Å². The molecule has 0 saturated carbocycles. The molecule has 0 aliphatic carbocycles. The van der Waals surface area contributed by atoms with Crippen molar-refractivity contribution in [2.75, 3.05) is 13.2 Å². The average molecular weight is 550 g/mol. The molecule has 0 aromatic heterocycles. The Hall–Kier alpha value is -2.58. The SMILES string of the molecule is CCCCOP(=O)(O)OCCCC.c1ccc([P+](c2ccccc2)(c2ccccc2)c2ccccc2)cc1. The normalized spacial score (nSPS) is 11.4. The summed E-state index contributed by atoms with van der Waals surface area (Å²) in [5, 5.41) is 5.55. The van der Waals surface area contributed by atoms with E-state index in [1.165, 1.54) is 21.2 Å². The molecule has 0 fully saturated rings. The van der Waals surface area contributed by atoms with Crippen LogP contribution in [0, 0.1) is 0 Å². The highest BCUT2D eigenvalue weighted by Gasteiger charge is 2.47. The first-order valence-electron chi connectivity index (χ1n) is 13.3. The summed E-state index contributed by atoms with van der Waals surface area (Å²) in [6.07, 6.45) is 3.44. The number of unbranched alkanes of at least 4 members (excludes halogenated alkanes) is 2. The van der Waals surface area contributed by atoms with Crippen LogP contribution in [0.5, 0.6) is 0 Å². The summed E-state index contributed by atoms with van der Waals surface area (Å²) in [6, 6.07) is 43.8. The molecule has 1 N–H and O–H groups in total. The molecule has 4 aromatic carbocycles. The average Bonchev–Trinajstić information content (AvgIpc) is 2.96. The van der Waals surface area contributed by atoms with Gasteiger partial charge in [-0.15, -0.1) is 0 Å². The maximum Gasteiger partial charge on any atom is 0.472 e. The predicted octanol–water partition coefficient (Wildman–Crippen LogP) is 7.03. The van der Waals surface area contributed by atoms with Crippen molar-refractivity contribution >= 4 is 36.3 Å². The van der Waals surface area contributed by atoms with Crippen LogP contribution in [0.15, 0.2) is 121 Å². The molecule has 6 heteroatoms. The molecule has 4 rings (SSSR count). The standard InChI is InChI=1S/C24H20P.C8H19O4P/c1-5-13-21(14-6-1)25(22-15-7-2-8-16-22,23-17-9-3-10-18-23)24-19-11-4-12-20-24;1-3-5-7-11-13(9,10)12-8-6-4-2/h1-20H;3-8H2,1-2H3,(H,9,10)/q+1;. The molecule has 0 saturated heterocycles. The lowest BCUT2D eigenvalue weighted by molar-refractivity contribution is 0.146. The highest BCUT2D eigenvalue weighted by molar-refractivity contribution is 8.01. The van der Waals surface area contributed by atoms with Crippen LogP contribution in [-0.4, -0.2) is 18.1 Å². The van der Waals surface area contributed by atoms with Gasteiger partial charge in [-0.05, 0) is 61.4 Å². The van der Waals surface area contributed by atoms with Crippen LogP contribution in [-0.2, 0) is 13.6 Å². The van der Waals surface area contributed by atoms with Gasteiger partial charge in [0.25, 0.3) is 0 Å². The van der Waals surface area contributed by atoms with E-state index < -0.39 is 15.1 Å². The maximum atomic E-state index is 11.1. The van der Waals surface area contributed by atoms with Gasteiger partial charge >= 0.3 is 7.82 Å². The lowest BCUT2D eigenvalue weighted by atomic mass is 10.3. The summed E-state index contributed by atoms with van der Waals surface area (Å²) in [6.45, 7) is 4.56. The van der Waals surface area contributed by atoms with Crippen molar-refractivity contribution in [1.82, 2.24) is 0 Å². The van der Waals surface area contributed by atoms with Gasteiger partial charge in [0.1, 0.15) is 28.5 Å². The Balaban J connectivity index is 0.000000263. The van der Waals surface area contributed by atoms with Crippen LogP contribution >= 0.6 is 15.1 Å². The van der Waals surface area contributed by atoms with E-state index in [0.29, 0.717) is 0 Å². The fraction of sp³-hybridized carbons (Fsp3) is 0.250. The Morgan fingerprint density at radius 1 is 0.553 bits per heavy atom. The highest BCUT2D eigenvalue weighted by atomic mass is 31.2. The van der Waals surface area contributed by atoms with Gasteiger partial charge in [0.05, 0.1) is 13.2 Å². The number of benzene rings is 4. The van der Waals surface area contributed by atoms with Gasteiger partial charge in [0, 0.05) is 0 Å². The Morgan fingerprint density at radius 3 is 1.05 bits per heavy atom. The van der Waals surface area contributed by atoms with Gasteiger partial charge in [-0.3, -0.25) is 9.05 Å². The quantitative estimate of drug-likeness (QED) is 0.152. The number of phosphoric ester groups is 1. The van der Waals surface area contributed by atoms with E-state index >= 15 is 0 Å². The molecule has 4 aromatic rings. The number of hydrogen-bond acceptors (Lipinski definition) is 3. The largest absolute Gasteiger partial charge is 0.472 e. The fourth-order valence-corrected chi connectivity index (χ4v) is 9.25. The second kappa shape index (κ2) is 15.7. The van der Waals surface area contributed by atoms with Gasteiger partial charge in [0.2, 0.25) is 0 Å². The summed E-state index contributed by atoms with van der Waals surface area (Å²) < 4.78 is 20.5. The maximum absolute atomic E-state index is 11.1. The fourth-order valence-electron chi connectivity index (χ4n) is 4.19. The second-order valence-electron chi connectivity index (χ2n) is 8.86. The Morgan fingerprint density at radius 2 is 0.816 bits per heavy atom. The van der Waals surface area contributed by atoms with Crippen molar-refractivity contribution in [3.63, 3.8) is 0 Å². The Kier molecular flexibility index (Phi) is 12.4. The van der Waals surface area contributed by atoms with E-state index in [9.17, 15) is 4.57 Å². The van der Waals surface area contributed by atoms with E-state index in [2.05, 4.69) is 121 Å². The second-order valence-corrected chi connectivity index (χ2v) is 13.7. The first kappa shape index (κ1) is 30.0. The molecule has 4 nitrogen and oxygen atoms in total. The monoisotopic (exact) mass is 549 g/mol. The van der Waals surface area contributed by atoms with Gasteiger partial charge in [-0.2, -0.15) is 0 Å². The summed E-state index contributed by atoms with van der Waals surface area (Å²) in [7, 11) is -5.66. The first-order valence-corrected chi connectivity index (χ1v) is 16.6. The minimum atomic E-state index is -3.75. The molecule has 0 heterocycles. The molecular weight excluding hydrogens is 510 g/mol. The Bertz CT molecular complexity index is 1040. The van der Waals surface area contributed by atoms with E-state index in [4.69, 9.17) is 13.9 Å². The van der Waals surface area contributed by atoms with Crippen LogP contribution < -0.4 is 21.2 Å². The predicted molar refractivity (Wildman–Crippen MR) is 163 cm³/mol. The highest BCUT2D eigenvalue weighted by Crippen LogP contribution is 2.54. The lowest BCUT2D eigenvalue weighted by Crippen LogP contribution is -2.38. The molecule has 0 radical (unpaired) electrons. The molecule has 0 spiro atoms. The van der Waals surface area contributed by atoms with E-state index in [1.54, 1.807) is 0 Å². The van der Waals surface area contributed by atoms with Crippen LogP contribution in [0.4, 0.5) is 0 Å². The van der Waals surface area contributed by atoms with Crippen LogP contribution in [0.1, 0.15) is 39.5 Å². The molecular formula is C32H39O4P2+. The minimum absolute atomic E-state index is 0.288. The third-order valence-electron chi connectivity index (χ3n) is 6.08. The van der Waals surface area contributed by atoms with Gasteiger partial charge in [0.15, 0.2) is 0 Å². The third kappa shape index (κ3) is 8.21. The molecule has 0 atom stereocenters. The number of phosphoric acid groups is 1.